The van der Waals surface area contributed by atoms with Gasteiger partial charge in [-0.1, -0.05) is 0 Å². The molecule has 3 rings (SSSR count). The van der Waals surface area contributed by atoms with Crippen LogP contribution in [0.1, 0.15) is 27.7 Å². The van der Waals surface area contributed by atoms with Crippen LogP contribution in [0.2, 0.25) is 0 Å². The molecule has 3 saturated heterocycles. The fraction of sp³-hybridized carbons (Fsp3) is 0.867. The molecular formula is C15H24O5S. The highest BCUT2D eigenvalue weighted by Crippen LogP contribution is 2.43. The molecule has 0 aromatic rings. The first kappa shape index (κ1) is 15.6. The highest BCUT2D eigenvalue weighted by atomic mass is 32.2. The fourth-order valence-electron chi connectivity index (χ4n) is 3.02. The van der Waals surface area contributed by atoms with Gasteiger partial charge >= 0.3 is 0 Å². The molecule has 0 N–H and O–H groups in total. The minimum absolute atomic E-state index is 0.148. The van der Waals surface area contributed by atoms with Crippen molar-refractivity contribution in [2.75, 3.05) is 18.6 Å². The molecule has 21 heavy (non-hydrogen) atoms. The van der Waals surface area contributed by atoms with Crippen molar-refractivity contribution in [3.05, 3.63) is 11.8 Å². The van der Waals surface area contributed by atoms with Gasteiger partial charge in [0, 0.05) is 5.75 Å². The summed E-state index contributed by atoms with van der Waals surface area (Å²) in [6.45, 7) is 8.19. The van der Waals surface area contributed by atoms with E-state index >= 15 is 0 Å². The average molecular weight is 316 g/mol. The summed E-state index contributed by atoms with van der Waals surface area (Å²) in [5.41, 5.74) is 0. The number of hydrogen-bond donors (Lipinski definition) is 0. The second-order valence-electron chi connectivity index (χ2n) is 6.53. The van der Waals surface area contributed by atoms with Gasteiger partial charge < -0.3 is 23.7 Å². The van der Waals surface area contributed by atoms with E-state index in [1.807, 2.05) is 27.7 Å². The largest absolute Gasteiger partial charge is 0.487 e. The number of rotatable bonds is 2. The van der Waals surface area contributed by atoms with Crippen LogP contribution in [-0.2, 0) is 23.7 Å². The van der Waals surface area contributed by atoms with Crippen molar-refractivity contribution in [2.24, 2.45) is 0 Å². The summed E-state index contributed by atoms with van der Waals surface area (Å²) in [6, 6.07) is 0. The summed E-state index contributed by atoms with van der Waals surface area (Å²) in [4.78, 5) is 0. The van der Waals surface area contributed by atoms with Crippen molar-refractivity contribution >= 4 is 11.8 Å². The Kier molecular flexibility index (Phi) is 4.03. The molecule has 2 unspecified atom stereocenters. The van der Waals surface area contributed by atoms with E-state index in [1.54, 1.807) is 11.8 Å². The van der Waals surface area contributed by atoms with Gasteiger partial charge in [-0.25, -0.2) is 0 Å². The monoisotopic (exact) mass is 316 g/mol. The van der Waals surface area contributed by atoms with Crippen LogP contribution < -0.4 is 0 Å². The maximum Gasteiger partial charge on any atom is 0.164 e. The zero-order valence-corrected chi connectivity index (χ0v) is 14.1. The molecule has 0 aromatic carbocycles. The molecule has 3 aliphatic rings. The van der Waals surface area contributed by atoms with Crippen LogP contribution in [0.15, 0.2) is 11.8 Å². The minimum Gasteiger partial charge on any atom is -0.487 e. The van der Waals surface area contributed by atoms with Gasteiger partial charge in [0.25, 0.3) is 0 Å². The Labute approximate surface area is 130 Å². The molecule has 3 aliphatic heterocycles. The fourth-order valence-corrected chi connectivity index (χ4v) is 3.35. The molecule has 0 amide bonds. The van der Waals surface area contributed by atoms with Gasteiger partial charge in [-0.3, -0.25) is 0 Å². The van der Waals surface area contributed by atoms with E-state index in [4.69, 9.17) is 23.7 Å². The van der Waals surface area contributed by atoms with Gasteiger partial charge in [-0.05, 0) is 40.0 Å². The predicted octanol–water partition coefficient (Wildman–Crippen LogP) is 2.30. The second-order valence-corrected chi connectivity index (χ2v) is 7.44. The molecule has 0 aromatic heterocycles. The van der Waals surface area contributed by atoms with Gasteiger partial charge in [-0.2, -0.15) is 11.8 Å². The Bertz CT molecular complexity index is 434. The maximum atomic E-state index is 6.10. The molecule has 0 saturated carbocycles. The third kappa shape index (κ3) is 3.10. The summed E-state index contributed by atoms with van der Waals surface area (Å²) in [5, 5.41) is 0. The molecule has 0 aliphatic carbocycles. The zero-order valence-electron chi connectivity index (χ0n) is 13.3. The number of thioether (sulfide) groups is 1. The lowest BCUT2D eigenvalue weighted by atomic mass is 9.96. The number of hydrogen-bond acceptors (Lipinski definition) is 6. The van der Waals surface area contributed by atoms with Crippen LogP contribution in [0, 0.1) is 0 Å². The molecule has 4 atom stereocenters. The van der Waals surface area contributed by atoms with Crippen molar-refractivity contribution in [1.82, 2.24) is 0 Å². The van der Waals surface area contributed by atoms with Gasteiger partial charge in [0.2, 0.25) is 0 Å². The summed E-state index contributed by atoms with van der Waals surface area (Å²) in [6.07, 6.45) is 3.45. The van der Waals surface area contributed by atoms with E-state index in [-0.39, 0.29) is 24.4 Å². The van der Waals surface area contributed by atoms with Gasteiger partial charge in [0.05, 0.1) is 6.61 Å². The van der Waals surface area contributed by atoms with Crippen molar-refractivity contribution in [3.8, 4) is 0 Å². The zero-order chi connectivity index (χ0) is 15.3. The van der Waals surface area contributed by atoms with E-state index in [0.717, 1.165) is 11.5 Å². The normalized spacial score (nSPS) is 42.2. The summed E-state index contributed by atoms with van der Waals surface area (Å²) >= 11 is 1.74. The van der Waals surface area contributed by atoms with Crippen LogP contribution >= 0.6 is 11.8 Å². The quantitative estimate of drug-likeness (QED) is 0.779. The van der Waals surface area contributed by atoms with Gasteiger partial charge in [0.15, 0.2) is 17.7 Å². The van der Waals surface area contributed by atoms with Crippen LogP contribution in [-0.4, -0.2) is 54.6 Å². The Balaban J connectivity index is 1.86. The number of ether oxygens (including phenoxy) is 5. The van der Waals surface area contributed by atoms with E-state index in [9.17, 15) is 0 Å². The van der Waals surface area contributed by atoms with Crippen LogP contribution in [0.25, 0.3) is 0 Å². The molecule has 6 heteroatoms. The van der Waals surface area contributed by atoms with Crippen molar-refractivity contribution in [3.63, 3.8) is 0 Å². The SMILES string of the molecule is CSC/C=C1\OC2COC(C)(C)O[C@@H]2[C@@H]2OC(C)(C)OC12. The molecule has 5 nitrogen and oxygen atoms in total. The Morgan fingerprint density at radius 2 is 1.81 bits per heavy atom. The maximum absolute atomic E-state index is 6.10. The standard InChI is InChI=1S/C15H24O5S/c1-14(2)16-8-10-12(18-14)13-11(19-15(3,4)20-13)9(17-10)6-7-21-5/h6,10-13H,7-8H2,1-5H3/b9-6-/t10?,11?,12-,13+/m0/s1. The molecule has 0 bridgehead atoms. The molecule has 120 valence electrons. The molecule has 0 spiro atoms. The van der Waals surface area contributed by atoms with E-state index in [2.05, 4.69) is 12.3 Å². The number of fused-ring (bicyclic) bond motifs is 3. The lowest BCUT2D eigenvalue weighted by Crippen LogP contribution is -2.60. The smallest absolute Gasteiger partial charge is 0.164 e. The topological polar surface area (TPSA) is 46.2 Å². The molecule has 3 fully saturated rings. The first-order valence-electron chi connectivity index (χ1n) is 7.34. The highest BCUT2D eigenvalue weighted by Gasteiger charge is 2.57. The van der Waals surface area contributed by atoms with E-state index in [0.29, 0.717) is 6.61 Å². The third-order valence-electron chi connectivity index (χ3n) is 3.85. The minimum atomic E-state index is -0.627. The van der Waals surface area contributed by atoms with Crippen LogP contribution in [0.5, 0.6) is 0 Å². The van der Waals surface area contributed by atoms with Crippen molar-refractivity contribution in [2.45, 2.75) is 63.7 Å². The average Bonchev–Trinajstić information content (AvgIpc) is 2.71. The third-order valence-corrected chi connectivity index (χ3v) is 4.35. The first-order chi connectivity index (χ1) is 9.81. The van der Waals surface area contributed by atoms with Crippen LogP contribution in [0.3, 0.4) is 0 Å². The second kappa shape index (κ2) is 5.42. The highest BCUT2D eigenvalue weighted by molar-refractivity contribution is 7.98. The Hall–Kier alpha value is -0.270. The predicted molar refractivity (Wildman–Crippen MR) is 80.1 cm³/mol. The lowest BCUT2D eigenvalue weighted by molar-refractivity contribution is -0.332. The van der Waals surface area contributed by atoms with Gasteiger partial charge in [-0.15, -0.1) is 0 Å². The Morgan fingerprint density at radius 1 is 1.10 bits per heavy atom. The van der Waals surface area contributed by atoms with Crippen LogP contribution in [0.4, 0.5) is 0 Å². The summed E-state index contributed by atoms with van der Waals surface area (Å²) < 4.78 is 30.0. The van der Waals surface area contributed by atoms with Crippen molar-refractivity contribution < 1.29 is 23.7 Å². The van der Waals surface area contributed by atoms with Gasteiger partial charge in [0.1, 0.15) is 24.1 Å². The molecule has 3 heterocycles. The molecule has 0 radical (unpaired) electrons. The molecular weight excluding hydrogens is 292 g/mol. The lowest BCUT2D eigenvalue weighted by Gasteiger charge is -2.46. The van der Waals surface area contributed by atoms with E-state index < -0.39 is 11.6 Å². The van der Waals surface area contributed by atoms with E-state index in [1.165, 1.54) is 0 Å². The summed E-state index contributed by atoms with van der Waals surface area (Å²) in [7, 11) is 0. The first-order valence-corrected chi connectivity index (χ1v) is 8.74. The van der Waals surface area contributed by atoms with Crippen molar-refractivity contribution in [1.29, 1.82) is 0 Å². The Morgan fingerprint density at radius 3 is 2.52 bits per heavy atom. The summed E-state index contributed by atoms with van der Waals surface area (Å²) in [5.74, 6) is 0.476.